The van der Waals surface area contributed by atoms with Crippen LogP contribution in [0, 0.1) is 5.82 Å². The highest BCUT2D eigenvalue weighted by Crippen LogP contribution is 2.40. The molecule has 2 aliphatic heterocycles. The number of hydrogen-bond donors (Lipinski definition) is 1. The fourth-order valence-corrected chi connectivity index (χ4v) is 5.15. The fraction of sp³-hybridized carbons (Fsp3) is 0.417. The van der Waals surface area contributed by atoms with Gasteiger partial charge in [0.25, 0.3) is 5.92 Å². The monoisotopic (exact) mass is 521 g/mol. The molecule has 0 unspecified atom stereocenters. The lowest BCUT2D eigenvalue weighted by atomic mass is 9.82. The van der Waals surface area contributed by atoms with Crippen molar-refractivity contribution in [2.24, 2.45) is 4.99 Å². The van der Waals surface area contributed by atoms with E-state index in [9.17, 15) is 22.8 Å². The van der Waals surface area contributed by atoms with Crippen molar-refractivity contribution in [3.63, 3.8) is 0 Å². The van der Waals surface area contributed by atoms with Crippen molar-refractivity contribution in [3.05, 3.63) is 63.5 Å². The van der Waals surface area contributed by atoms with Gasteiger partial charge in [-0.15, -0.1) is 11.3 Å². The summed E-state index contributed by atoms with van der Waals surface area (Å²) < 4.78 is 47.8. The molecular weight excluding hydrogens is 495 g/mol. The molecular formula is C24H26F3N5O3S. The molecule has 192 valence electrons. The van der Waals surface area contributed by atoms with Crippen LogP contribution in [-0.2, 0) is 19.9 Å². The Kier molecular flexibility index (Phi) is 6.93. The number of hydrogen-bond acceptors (Lipinski definition) is 8. The molecule has 2 aromatic rings. The quantitative estimate of drug-likeness (QED) is 0.589. The van der Waals surface area contributed by atoms with E-state index in [-0.39, 0.29) is 17.8 Å². The molecule has 4 rings (SSSR count). The lowest BCUT2D eigenvalue weighted by Crippen LogP contribution is -2.48. The van der Waals surface area contributed by atoms with Crippen LogP contribution in [0.3, 0.4) is 0 Å². The van der Waals surface area contributed by atoms with Gasteiger partial charge in [0.05, 0.1) is 25.3 Å². The number of ether oxygens (including phenoxy) is 1. The van der Waals surface area contributed by atoms with Crippen molar-refractivity contribution in [2.45, 2.75) is 30.8 Å². The molecule has 3 heterocycles. The Morgan fingerprint density at radius 2 is 1.97 bits per heavy atom. The molecule has 0 radical (unpaired) electrons. The highest BCUT2D eigenvalue weighted by Gasteiger charge is 2.50. The molecule has 2 aliphatic rings. The number of benzene rings is 1. The average Bonchev–Trinajstić information content (AvgIpc) is 3.46. The number of rotatable bonds is 6. The van der Waals surface area contributed by atoms with Crippen LogP contribution in [0.5, 0.6) is 0 Å². The minimum atomic E-state index is -3.08. The Morgan fingerprint density at radius 3 is 2.56 bits per heavy atom. The molecule has 0 aliphatic carbocycles. The van der Waals surface area contributed by atoms with Gasteiger partial charge in [-0.05, 0) is 24.6 Å². The van der Waals surface area contributed by atoms with Crippen molar-refractivity contribution in [1.82, 2.24) is 20.1 Å². The van der Waals surface area contributed by atoms with E-state index in [1.807, 2.05) is 0 Å². The zero-order valence-corrected chi connectivity index (χ0v) is 21.0. The van der Waals surface area contributed by atoms with E-state index in [1.54, 1.807) is 18.5 Å². The first-order valence-corrected chi connectivity index (χ1v) is 12.0. The summed E-state index contributed by atoms with van der Waals surface area (Å²) in [4.78, 5) is 37.6. The highest BCUT2D eigenvalue weighted by atomic mass is 32.1. The average molecular weight is 522 g/mol. The van der Waals surface area contributed by atoms with Crippen LogP contribution in [0.15, 0.2) is 52.1 Å². The number of aromatic nitrogens is 1. The summed E-state index contributed by atoms with van der Waals surface area (Å²) in [6.07, 6.45) is 0.957. The van der Waals surface area contributed by atoms with Gasteiger partial charge in [0, 0.05) is 44.3 Å². The summed E-state index contributed by atoms with van der Waals surface area (Å²) in [5.41, 5.74) is -0.539. The van der Waals surface area contributed by atoms with E-state index in [2.05, 4.69) is 10.3 Å². The number of amidine groups is 1. The molecule has 36 heavy (non-hydrogen) atoms. The molecule has 1 aromatic heterocycles. The summed E-state index contributed by atoms with van der Waals surface area (Å²) in [6.45, 7) is 0.835. The van der Waals surface area contributed by atoms with Crippen LogP contribution >= 0.6 is 11.3 Å². The third-order valence-corrected chi connectivity index (χ3v) is 7.06. The normalized spacial score (nSPS) is 23.8. The standard InChI is InChI=1S/C24H26F3N5O3S/c1-23(14-5-7-15(25)8-6-14)18(22(34)35-4)16(29-19(30-23)20-28-9-10-36-20)12-32-13-24(26,27)11-17(32)21(33)31(2)3/h5-10,17H,11-13H2,1-4H3,(H,29,30)/t17-,23-/m0/s1. The first-order chi connectivity index (χ1) is 16.9. The van der Waals surface area contributed by atoms with Gasteiger partial charge < -0.3 is 15.0 Å². The van der Waals surface area contributed by atoms with E-state index >= 15 is 0 Å². The minimum Gasteiger partial charge on any atom is -0.466 e. The van der Waals surface area contributed by atoms with Gasteiger partial charge in [0.2, 0.25) is 5.91 Å². The van der Waals surface area contributed by atoms with Crippen LogP contribution < -0.4 is 5.32 Å². The Hall–Kier alpha value is -3.25. The summed E-state index contributed by atoms with van der Waals surface area (Å²) in [7, 11) is 4.22. The Labute approximate surface area is 210 Å². The summed E-state index contributed by atoms with van der Waals surface area (Å²) in [5.74, 6) is -4.41. The second-order valence-corrected chi connectivity index (χ2v) is 9.95. The van der Waals surface area contributed by atoms with Crippen LogP contribution in [0.4, 0.5) is 13.2 Å². The highest BCUT2D eigenvalue weighted by molar-refractivity contribution is 7.11. The zero-order valence-electron chi connectivity index (χ0n) is 20.2. The number of nitrogens with zero attached hydrogens (tertiary/aromatic N) is 4. The predicted octanol–water partition coefficient (Wildman–Crippen LogP) is 2.77. The summed E-state index contributed by atoms with van der Waals surface area (Å²) in [6, 6.07) is 4.44. The number of carbonyl (C=O) groups excluding carboxylic acids is 2. The molecule has 1 amide bonds. The smallest absolute Gasteiger partial charge is 0.338 e. The number of alkyl halides is 2. The van der Waals surface area contributed by atoms with Gasteiger partial charge in [-0.25, -0.2) is 27.9 Å². The van der Waals surface area contributed by atoms with E-state index < -0.39 is 48.2 Å². The van der Waals surface area contributed by atoms with Crippen molar-refractivity contribution in [3.8, 4) is 0 Å². The number of likely N-dealkylation sites (tertiary alicyclic amines) is 1. The fourth-order valence-electron chi connectivity index (χ4n) is 4.57. The summed E-state index contributed by atoms with van der Waals surface area (Å²) in [5, 5.41) is 5.35. The SMILES string of the molecule is COC(=O)C1=C(CN2CC(F)(F)C[C@H]2C(=O)N(C)C)NC(c2nccs2)=N[C@@]1(C)c1ccc(F)cc1. The van der Waals surface area contributed by atoms with Crippen LogP contribution in [0.1, 0.15) is 23.9 Å². The number of amides is 1. The molecule has 0 bridgehead atoms. The van der Waals surface area contributed by atoms with Gasteiger partial charge in [-0.3, -0.25) is 9.69 Å². The number of halogens is 3. The third kappa shape index (κ3) is 4.87. The largest absolute Gasteiger partial charge is 0.466 e. The molecule has 1 saturated heterocycles. The Morgan fingerprint density at radius 1 is 1.28 bits per heavy atom. The number of thiazole rings is 1. The molecule has 1 N–H and O–H groups in total. The molecule has 0 saturated carbocycles. The molecule has 1 aromatic carbocycles. The molecule has 2 atom stereocenters. The second kappa shape index (κ2) is 9.66. The number of methoxy groups -OCH3 is 1. The number of nitrogens with one attached hydrogen (secondary N) is 1. The van der Waals surface area contributed by atoms with Crippen LogP contribution in [0.25, 0.3) is 0 Å². The number of likely N-dealkylation sites (N-methyl/N-ethyl adjacent to an activating group) is 1. The lowest BCUT2D eigenvalue weighted by molar-refractivity contribution is -0.137. The van der Waals surface area contributed by atoms with Gasteiger partial charge in [0.1, 0.15) is 11.4 Å². The van der Waals surface area contributed by atoms with Crippen LogP contribution in [0.2, 0.25) is 0 Å². The van der Waals surface area contributed by atoms with Gasteiger partial charge >= 0.3 is 5.97 Å². The van der Waals surface area contributed by atoms with Crippen LogP contribution in [-0.4, -0.2) is 78.8 Å². The maximum Gasteiger partial charge on any atom is 0.338 e. The van der Waals surface area contributed by atoms with E-state index in [4.69, 9.17) is 9.73 Å². The first kappa shape index (κ1) is 25.8. The van der Waals surface area contributed by atoms with E-state index in [0.29, 0.717) is 16.4 Å². The topological polar surface area (TPSA) is 87.1 Å². The Bertz CT molecular complexity index is 1210. The molecule has 12 heteroatoms. The van der Waals surface area contributed by atoms with E-state index in [1.165, 1.54) is 66.6 Å². The lowest BCUT2D eigenvalue weighted by Gasteiger charge is -2.36. The molecule has 0 spiro atoms. The van der Waals surface area contributed by atoms with Crippen molar-refractivity contribution in [1.29, 1.82) is 0 Å². The maximum atomic E-state index is 14.5. The summed E-state index contributed by atoms with van der Waals surface area (Å²) >= 11 is 1.30. The first-order valence-electron chi connectivity index (χ1n) is 11.1. The molecule has 8 nitrogen and oxygen atoms in total. The minimum absolute atomic E-state index is 0.0724. The second-order valence-electron chi connectivity index (χ2n) is 9.06. The van der Waals surface area contributed by atoms with Gasteiger partial charge in [-0.1, -0.05) is 12.1 Å². The zero-order chi connectivity index (χ0) is 26.3. The van der Waals surface area contributed by atoms with Gasteiger partial charge in [0.15, 0.2) is 10.8 Å². The van der Waals surface area contributed by atoms with Crippen molar-refractivity contribution in [2.75, 3.05) is 34.3 Å². The number of aliphatic imine (C=N–C) groups is 1. The molecule has 1 fully saturated rings. The Balaban J connectivity index is 1.85. The van der Waals surface area contributed by atoms with Crippen molar-refractivity contribution < 1.29 is 27.5 Å². The third-order valence-electron chi connectivity index (χ3n) is 6.28. The van der Waals surface area contributed by atoms with Gasteiger partial charge in [-0.2, -0.15) is 0 Å². The van der Waals surface area contributed by atoms with E-state index in [0.717, 1.165) is 0 Å². The van der Waals surface area contributed by atoms with Crippen molar-refractivity contribution >= 4 is 29.0 Å². The predicted molar refractivity (Wildman–Crippen MR) is 128 cm³/mol. The maximum absolute atomic E-state index is 14.5. The number of esters is 1. The number of carbonyl (C=O) groups is 2.